The molecule has 1 unspecified atom stereocenters. The SMILES string of the molecule is CC(C)OC(=O)CCCCCCN1C(=O)CCC[C@@H]1C=CC(O)Cc1ccccc1. The number of benzene rings is 1. The lowest BCUT2D eigenvalue weighted by atomic mass is 9.99. The minimum absolute atomic E-state index is 0.0567. The summed E-state index contributed by atoms with van der Waals surface area (Å²) in [5.74, 6) is 0.0735. The number of amides is 1. The first-order valence-corrected chi connectivity index (χ1v) is 11.3. The highest BCUT2D eigenvalue weighted by atomic mass is 16.5. The Balaban J connectivity index is 1.73. The fraction of sp³-hybridized carbons (Fsp3) is 0.600. The average molecular weight is 416 g/mol. The molecule has 1 heterocycles. The maximum Gasteiger partial charge on any atom is 0.306 e. The third-order valence-corrected chi connectivity index (χ3v) is 5.35. The first-order valence-electron chi connectivity index (χ1n) is 11.3. The minimum Gasteiger partial charge on any atom is -0.463 e. The van der Waals surface area contributed by atoms with Gasteiger partial charge in [0.05, 0.1) is 18.2 Å². The van der Waals surface area contributed by atoms with E-state index >= 15 is 0 Å². The van der Waals surface area contributed by atoms with Gasteiger partial charge in [-0.2, -0.15) is 0 Å². The third-order valence-electron chi connectivity index (χ3n) is 5.35. The zero-order chi connectivity index (χ0) is 21.8. The van der Waals surface area contributed by atoms with Crippen LogP contribution in [0.1, 0.15) is 70.8 Å². The van der Waals surface area contributed by atoms with Gasteiger partial charge in [0, 0.05) is 25.8 Å². The molecule has 0 radical (unpaired) electrons. The number of aliphatic hydroxyl groups is 1. The summed E-state index contributed by atoms with van der Waals surface area (Å²) in [4.78, 5) is 25.9. The van der Waals surface area contributed by atoms with E-state index in [9.17, 15) is 14.7 Å². The van der Waals surface area contributed by atoms with Crippen LogP contribution in [-0.2, 0) is 20.7 Å². The van der Waals surface area contributed by atoms with Gasteiger partial charge in [0.1, 0.15) is 0 Å². The molecule has 1 aromatic rings. The van der Waals surface area contributed by atoms with Crippen LogP contribution in [0.5, 0.6) is 0 Å². The summed E-state index contributed by atoms with van der Waals surface area (Å²) in [5.41, 5.74) is 1.10. The molecule has 1 aromatic carbocycles. The maximum atomic E-state index is 12.4. The summed E-state index contributed by atoms with van der Waals surface area (Å²) in [5, 5.41) is 10.3. The zero-order valence-corrected chi connectivity index (χ0v) is 18.5. The van der Waals surface area contributed by atoms with Gasteiger partial charge in [-0.25, -0.2) is 0 Å². The van der Waals surface area contributed by atoms with Crippen LogP contribution in [-0.4, -0.2) is 46.7 Å². The van der Waals surface area contributed by atoms with E-state index in [0.717, 1.165) is 50.6 Å². The average Bonchev–Trinajstić information content (AvgIpc) is 2.70. The van der Waals surface area contributed by atoms with Crippen molar-refractivity contribution in [3.63, 3.8) is 0 Å². The standard InChI is InChI=1S/C25H37NO4/c1-20(2)30-25(29)15-8-3-4-9-18-26-22(13-10-14-24(26)28)16-17-23(27)19-21-11-6-5-7-12-21/h5-7,11-12,16-17,20,22-23,27H,3-4,8-10,13-15,18-19H2,1-2H3/t22-,23?/m1/s1. The van der Waals surface area contributed by atoms with Crippen molar-refractivity contribution >= 4 is 11.9 Å². The van der Waals surface area contributed by atoms with Gasteiger partial charge in [-0.3, -0.25) is 9.59 Å². The molecule has 1 aliphatic heterocycles. The highest BCUT2D eigenvalue weighted by Crippen LogP contribution is 2.21. The lowest BCUT2D eigenvalue weighted by molar-refractivity contribution is -0.147. The third kappa shape index (κ3) is 9.12. The van der Waals surface area contributed by atoms with Gasteiger partial charge in [0.15, 0.2) is 0 Å². The summed E-state index contributed by atoms with van der Waals surface area (Å²) in [6.45, 7) is 4.46. The van der Waals surface area contributed by atoms with E-state index in [1.54, 1.807) is 0 Å². The number of aliphatic hydroxyl groups excluding tert-OH is 1. The highest BCUT2D eigenvalue weighted by molar-refractivity contribution is 5.77. The van der Waals surface area contributed by atoms with E-state index < -0.39 is 6.10 Å². The van der Waals surface area contributed by atoms with Crippen molar-refractivity contribution in [2.45, 2.75) is 89.9 Å². The molecule has 1 saturated heterocycles. The smallest absolute Gasteiger partial charge is 0.306 e. The quantitative estimate of drug-likeness (QED) is 0.312. The molecule has 1 N–H and O–H groups in total. The summed E-state index contributed by atoms with van der Waals surface area (Å²) in [6, 6.07) is 10.00. The van der Waals surface area contributed by atoms with Crippen molar-refractivity contribution in [2.24, 2.45) is 0 Å². The number of piperidine rings is 1. The Kier molecular flexibility index (Phi) is 10.6. The second-order valence-corrected chi connectivity index (χ2v) is 8.39. The first kappa shape index (κ1) is 24.1. The molecule has 2 atom stereocenters. The monoisotopic (exact) mass is 415 g/mol. The molecule has 0 saturated carbocycles. The number of esters is 1. The largest absolute Gasteiger partial charge is 0.463 e. The van der Waals surface area contributed by atoms with Gasteiger partial charge in [-0.1, -0.05) is 55.3 Å². The molecule has 0 bridgehead atoms. The number of hydrogen-bond acceptors (Lipinski definition) is 4. The molecule has 5 nitrogen and oxygen atoms in total. The van der Waals surface area contributed by atoms with Crippen LogP contribution in [0.3, 0.4) is 0 Å². The van der Waals surface area contributed by atoms with Gasteiger partial charge < -0.3 is 14.7 Å². The van der Waals surface area contributed by atoms with Gasteiger partial charge >= 0.3 is 5.97 Å². The van der Waals surface area contributed by atoms with Gasteiger partial charge in [0.2, 0.25) is 5.91 Å². The van der Waals surface area contributed by atoms with Crippen LogP contribution in [0.25, 0.3) is 0 Å². The van der Waals surface area contributed by atoms with Crippen LogP contribution < -0.4 is 0 Å². The molecule has 166 valence electrons. The van der Waals surface area contributed by atoms with Gasteiger partial charge in [-0.05, 0) is 45.1 Å². The van der Waals surface area contributed by atoms with Gasteiger partial charge in [0.25, 0.3) is 0 Å². The van der Waals surface area contributed by atoms with E-state index in [1.807, 2.05) is 61.2 Å². The van der Waals surface area contributed by atoms with Crippen LogP contribution >= 0.6 is 0 Å². The Bertz CT molecular complexity index is 671. The number of hydrogen-bond donors (Lipinski definition) is 1. The van der Waals surface area contributed by atoms with Crippen molar-refractivity contribution in [3.8, 4) is 0 Å². The normalized spacial score (nSPS) is 18.2. The lowest BCUT2D eigenvalue weighted by Crippen LogP contribution is -2.43. The van der Waals surface area contributed by atoms with E-state index in [2.05, 4.69) is 0 Å². The maximum absolute atomic E-state index is 12.4. The van der Waals surface area contributed by atoms with Crippen molar-refractivity contribution in [1.29, 1.82) is 0 Å². The Morgan fingerprint density at radius 1 is 1.20 bits per heavy atom. The summed E-state index contributed by atoms with van der Waals surface area (Å²) in [6.07, 6.45) is 10.5. The number of unbranched alkanes of at least 4 members (excludes halogenated alkanes) is 3. The van der Waals surface area contributed by atoms with E-state index in [4.69, 9.17) is 4.74 Å². The molecule has 1 amide bonds. The molecule has 0 aliphatic carbocycles. The molecular weight excluding hydrogens is 378 g/mol. The molecular formula is C25H37NO4. The summed E-state index contributed by atoms with van der Waals surface area (Å²) >= 11 is 0. The number of ether oxygens (including phenoxy) is 1. The molecule has 1 aliphatic rings. The van der Waals surface area contributed by atoms with E-state index in [1.165, 1.54) is 0 Å². The lowest BCUT2D eigenvalue weighted by Gasteiger charge is -2.34. The molecule has 2 rings (SSSR count). The highest BCUT2D eigenvalue weighted by Gasteiger charge is 2.25. The molecule has 1 fully saturated rings. The van der Waals surface area contributed by atoms with Crippen molar-refractivity contribution < 1.29 is 19.4 Å². The Morgan fingerprint density at radius 2 is 1.93 bits per heavy atom. The van der Waals surface area contributed by atoms with Crippen LogP contribution in [0.15, 0.2) is 42.5 Å². The summed E-state index contributed by atoms with van der Waals surface area (Å²) in [7, 11) is 0. The molecule has 0 spiro atoms. The predicted octanol–water partition coefficient (Wildman–Crippen LogP) is 4.43. The summed E-state index contributed by atoms with van der Waals surface area (Å²) < 4.78 is 5.14. The first-order chi connectivity index (χ1) is 14.5. The fourth-order valence-electron chi connectivity index (χ4n) is 3.84. The Hall–Kier alpha value is -2.14. The second kappa shape index (κ2) is 13.2. The molecule has 30 heavy (non-hydrogen) atoms. The van der Waals surface area contributed by atoms with Crippen molar-refractivity contribution in [3.05, 3.63) is 48.0 Å². The number of carbonyl (C=O) groups excluding carboxylic acids is 2. The number of likely N-dealkylation sites (tertiary alicyclic amines) is 1. The predicted molar refractivity (Wildman–Crippen MR) is 119 cm³/mol. The van der Waals surface area contributed by atoms with Crippen molar-refractivity contribution in [2.75, 3.05) is 6.54 Å². The van der Waals surface area contributed by atoms with Crippen molar-refractivity contribution in [1.82, 2.24) is 4.90 Å². The number of nitrogens with zero attached hydrogens (tertiary/aromatic N) is 1. The van der Waals surface area contributed by atoms with Crippen LogP contribution in [0, 0.1) is 0 Å². The van der Waals surface area contributed by atoms with E-state index in [-0.39, 0.29) is 24.0 Å². The Labute approximate surface area is 181 Å². The van der Waals surface area contributed by atoms with Crippen LogP contribution in [0.4, 0.5) is 0 Å². The Morgan fingerprint density at radius 3 is 2.67 bits per heavy atom. The zero-order valence-electron chi connectivity index (χ0n) is 18.5. The number of rotatable bonds is 12. The minimum atomic E-state index is -0.545. The fourth-order valence-corrected chi connectivity index (χ4v) is 3.84. The van der Waals surface area contributed by atoms with E-state index in [0.29, 0.717) is 19.3 Å². The molecule has 5 heteroatoms. The molecule has 0 aromatic heterocycles. The van der Waals surface area contributed by atoms with Gasteiger partial charge in [-0.15, -0.1) is 0 Å². The topological polar surface area (TPSA) is 66.8 Å². The second-order valence-electron chi connectivity index (χ2n) is 8.39. The van der Waals surface area contributed by atoms with Crippen LogP contribution in [0.2, 0.25) is 0 Å². The number of carbonyl (C=O) groups is 2.